The number of hydrogen-bond donors (Lipinski definition) is 2. The van der Waals surface area contributed by atoms with Gasteiger partial charge in [-0.15, -0.1) is 0 Å². The van der Waals surface area contributed by atoms with Crippen molar-refractivity contribution in [2.75, 3.05) is 24.2 Å². The highest BCUT2D eigenvalue weighted by Crippen LogP contribution is 2.17. The van der Waals surface area contributed by atoms with Gasteiger partial charge in [-0.05, 0) is 6.92 Å². The van der Waals surface area contributed by atoms with Crippen molar-refractivity contribution >= 4 is 28.7 Å². The molecule has 9 heteroatoms. The fourth-order valence-corrected chi connectivity index (χ4v) is 2.19. The molecule has 8 nitrogen and oxygen atoms in total. The number of nitrogens with one attached hydrogen (secondary N) is 2. The van der Waals surface area contributed by atoms with E-state index in [0.717, 1.165) is 11.8 Å². The highest BCUT2D eigenvalue weighted by molar-refractivity contribution is 8.14. The van der Waals surface area contributed by atoms with Gasteiger partial charge in [-0.25, -0.2) is 9.89 Å². The average molecular weight is 269 g/mol. The summed E-state index contributed by atoms with van der Waals surface area (Å²) in [7, 11) is 0. The van der Waals surface area contributed by atoms with Gasteiger partial charge in [0.1, 0.15) is 5.69 Å². The smallest absolute Gasteiger partial charge is 0.363 e. The first-order valence-electron chi connectivity index (χ1n) is 5.22. The van der Waals surface area contributed by atoms with E-state index >= 15 is 0 Å². The van der Waals surface area contributed by atoms with Crippen molar-refractivity contribution in [3.8, 4) is 0 Å². The number of amides is 2. The normalized spacial score (nSPS) is 15.3. The van der Waals surface area contributed by atoms with Gasteiger partial charge < -0.3 is 5.32 Å². The number of aromatic nitrogens is 3. The first-order valence-corrected chi connectivity index (χ1v) is 6.21. The molecule has 0 spiro atoms. The fourth-order valence-electron chi connectivity index (χ4n) is 1.44. The minimum absolute atomic E-state index is 0.194. The topological polar surface area (TPSA) is 108 Å². The van der Waals surface area contributed by atoms with Gasteiger partial charge in [0.2, 0.25) is 5.91 Å². The lowest BCUT2D eigenvalue weighted by molar-refractivity contribution is -0.124. The molecule has 1 aromatic heterocycles. The molecule has 1 saturated heterocycles. The van der Waals surface area contributed by atoms with Crippen LogP contribution < -0.4 is 11.0 Å². The van der Waals surface area contributed by atoms with Gasteiger partial charge in [0.05, 0.1) is 5.75 Å². The van der Waals surface area contributed by atoms with Gasteiger partial charge in [-0.3, -0.25) is 14.5 Å². The van der Waals surface area contributed by atoms with Gasteiger partial charge in [0.15, 0.2) is 5.82 Å². The number of H-pyrrole nitrogens is 1. The van der Waals surface area contributed by atoms with E-state index in [1.54, 1.807) is 6.92 Å². The molecule has 18 heavy (non-hydrogen) atoms. The van der Waals surface area contributed by atoms with Crippen LogP contribution >= 0.6 is 11.8 Å². The predicted octanol–water partition coefficient (Wildman–Crippen LogP) is -0.419. The van der Waals surface area contributed by atoms with Gasteiger partial charge in [-0.2, -0.15) is 10.1 Å². The van der Waals surface area contributed by atoms with Crippen LogP contribution in [0, 0.1) is 6.92 Å². The monoisotopic (exact) mass is 269 g/mol. The SMILES string of the molecule is Cc1n[nH]c(=O)nc1NCCN1C(=O)CSC1=O. The van der Waals surface area contributed by atoms with Gasteiger partial charge in [0.25, 0.3) is 5.24 Å². The van der Waals surface area contributed by atoms with E-state index < -0.39 is 5.69 Å². The van der Waals surface area contributed by atoms with Crippen LogP contribution in [0.3, 0.4) is 0 Å². The standard InChI is InChI=1S/C9H11N5O3S/c1-5-7(11-8(16)13-12-5)10-2-3-14-6(15)4-18-9(14)17/h2-4H2,1H3,(H2,10,11,13,16). The molecule has 1 aromatic rings. The largest absolute Gasteiger partial charge is 0.367 e. The molecule has 2 heterocycles. The lowest BCUT2D eigenvalue weighted by atomic mass is 10.4. The van der Waals surface area contributed by atoms with Crippen molar-refractivity contribution < 1.29 is 9.59 Å². The van der Waals surface area contributed by atoms with E-state index in [1.165, 1.54) is 4.90 Å². The molecule has 0 atom stereocenters. The second-order valence-corrected chi connectivity index (χ2v) is 4.53. The van der Waals surface area contributed by atoms with Crippen molar-refractivity contribution in [1.82, 2.24) is 20.1 Å². The summed E-state index contributed by atoms with van der Waals surface area (Å²) in [5.41, 5.74) is -0.00460. The number of carbonyl (C=O) groups excluding carboxylic acids is 2. The number of thioether (sulfide) groups is 1. The van der Waals surface area contributed by atoms with Crippen LogP contribution in [-0.4, -0.2) is 50.1 Å². The van der Waals surface area contributed by atoms with Crippen LogP contribution in [-0.2, 0) is 4.79 Å². The minimum Gasteiger partial charge on any atom is -0.367 e. The molecule has 0 aromatic carbocycles. The number of aryl methyl sites for hydroxylation is 1. The summed E-state index contributed by atoms with van der Waals surface area (Å²) < 4.78 is 0. The lowest BCUT2D eigenvalue weighted by Gasteiger charge is -2.13. The van der Waals surface area contributed by atoms with E-state index in [2.05, 4.69) is 20.5 Å². The van der Waals surface area contributed by atoms with Crippen LogP contribution in [0.1, 0.15) is 5.69 Å². The Balaban J connectivity index is 1.92. The van der Waals surface area contributed by atoms with Crippen LogP contribution in [0.2, 0.25) is 0 Å². The summed E-state index contributed by atoms with van der Waals surface area (Å²) in [5.74, 6) is 0.355. The van der Waals surface area contributed by atoms with Crippen molar-refractivity contribution in [3.63, 3.8) is 0 Å². The first kappa shape index (κ1) is 12.6. The Hall–Kier alpha value is -1.90. The summed E-state index contributed by atoms with van der Waals surface area (Å²) in [6.07, 6.45) is 0. The van der Waals surface area contributed by atoms with Crippen LogP contribution in [0.15, 0.2) is 4.79 Å². The Kier molecular flexibility index (Phi) is 3.60. The minimum atomic E-state index is -0.549. The molecule has 0 unspecified atom stereocenters. The van der Waals surface area contributed by atoms with Crippen LogP contribution in [0.5, 0.6) is 0 Å². The number of anilines is 1. The first-order chi connectivity index (χ1) is 8.58. The Morgan fingerprint density at radius 3 is 2.89 bits per heavy atom. The van der Waals surface area contributed by atoms with Crippen molar-refractivity contribution in [1.29, 1.82) is 0 Å². The molecule has 0 bridgehead atoms. The molecule has 1 fully saturated rings. The average Bonchev–Trinajstić information content (AvgIpc) is 2.65. The maximum Gasteiger partial charge on any atom is 0.363 e. The Bertz CT molecular complexity index is 527. The van der Waals surface area contributed by atoms with Crippen molar-refractivity contribution in [3.05, 3.63) is 16.2 Å². The number of aromatic amines is 1. The molecule has 2 rings (SSSR count). The number of imide groups is 1. The summed E-state index contributed by atoms with van der Waals surface area (Å²) >= 11 is 0.992. The second-order valence-electron chi connectivity index (χ2n) is 3.60. The molecule has 96 valence electrons. The number of nitrogens with zero attached hydrogens (tertiary/aromatic N) is 3. The highest BCUT2D eigenvalue weighted by Gasteiger charge is 2.29. The lowest BCUT2D eigenvalue weighted by Crippen LogP contribution is -2.33. The van der Waals surface area contributed by atoms with E-state index in [9.17, 15) is 14.4 Å². The third-order valence-corrected chi connectivity index (χ3v) is 3.20. The zero-order valence-electron chi connectivity index (χ0n) is 9.60. The Labute approximate surface area is 106 Å². The second kappa shape index (κ2) is 5.17. The van der Waals surface area contributed by atoms with Crippen molar-refractivity contribution in [2.24, 2.45) is 0 Å². The van der Waals surface area contributed by atoms with E-state index in [1.807, 2.05) is 0 Å². The molecule has 0 aliphatic carbocycles. The fraction of sp³-hybridized carbons (Fsp3) is 0.444. The van der Waals surface area contributed by atoms with Gasteiger partial charge in [0, 0.05) is 13.1 Å². The maximum absolute atomic E-state index is 11.3. The number of hydrogen-bond acceptors (Lipinski definition) is 7. The van der Waals surface area contributed by atoms with Gasteiger partial charge >= 0.3 is 5.69 Å². The summed E-state index contributed by atoms with van der Waals surface area (Å²) in [6, 6.07) is 0. The van der Waals surface area contributed by atoms with E-state index in [0.29, 0.717) is 18.1 Å². The zero-order valence-corrected chi connectivity index (χ0v) is 10.4. The quantitative estimate of drug-likeness (QED) is 0.764. The molecule has 0 saturated carbocycles. The van der Waals surface area contributed by atoms with E-state index in [-0.39, 0.29) is 23.4 Å². The molecule has 2 amide bonds. The zero-order chi connectivity index (χ0) is 13.1. The molecular weight excluding hydrogens is 258 g/mol. The maximum atomic E-state index is 11.3. The van der Waals surface area contributed by atoms with Crippen LogP contribution in [0.4, 0.5) is 10.6 Å². The molecule has 1 aliphatic rings. The predicted molar refractivity (Wildman–Crippen MR) is 65.4 cm³/mol. The molecule has 1 aliphatic heterocycles. The Morgan fingerprint density at radius 1 is 1.44 bits per heavy atom. The van der Waals surface area contributed by atoms with Crippen LogP contribution in [0.25, 0.3) is 0 Å². The van der Waals surface area contributed by atoms with Crippen molar-refractivity contribution in [2.45, 2.75) is 6.92 Å². The molecule has 0 radical (unpaired) electrons. The Morgan fingerprint density at radius 2 is 2.22 bits per heavy atom. The van der Waals surface area contributed by atoms with Gasteiger partial charge in [-0.1, -0.05) is 11.8 Å². The number of rotatable bonds is 4. The third kappa shape index (κ3) is 2.67. The highest BCUT2D eigenvalue weighted by atomic mass is 32.2. The molecule has 2 N–H and O–H groups in total. The number of carbonyl (C=O) groups is 2. The van der Waals surface area contributed by atoms with E-state index in [4.69, 9.17) is 0 Å². The summed E-state index contributed by atoms with van der Waals surface area (Å²) in [5, 5.41) is 8.58. The summed E-state index contributed by atoms with van der Waals surface area (Å²) in [6.45, 7) is 2.27. The summed E-state index contributed by atoms with van der Waals surface area (Å²) in [4.78, 5) is 38.5. The third-order valence-electron chi connectivity index (χ3n) is 2.34. The molecular formula is C9H11N5O3S.